The molecule has 0 aromatic carbocycles. The van der Waals surface area contributed by atoms with Crippen molar-refractivity contribution in [1.29, 1.82) is 0 Å². The highest BCUT2D eigenvalue weighted by Crippen LogP contribution is 2.31. The van der Waals surface area contributed by atoms with Gasteiger partial charge in [0.15, 0.2) is 0 Å². The molecule has 0 aliphatic carbocycles. The van der Waals surface area contributed by atoms with E-state index >= 15 is 0 Å². The minimum absolute atomic E-state index is 1.12. The van der Waals surface area contributed by atoms with E-state index in [0.29, 0.717) is 0 Å². The Labute approximate surface area is 27.3 Å². The van der Waals surface area contributed by atoms with E-state index in [0.717, 1.165) is 13.0 Å². The maximum atomic E-state index is 2.39. The van der Waals surface area contributed by atoms with Crippen LogP contribution < -0.4 is 0 Å². The van der Waals surface area contributed by atoms with Crippen LogP contribution in [-0.4, -0.2) is 20.0 Å². The lowest BCUT2D eigenvalue weighted by atomic mass is 9.50. The maximum absolute atomic E-state index is 2.39. The van der Waals surface area contributed by atoms with E-state index in [1.807, 2.05) is 0 Å². The molecule has 2 heterocycles. The smallest absolute Gasteiger partial charge is 0.0443 e. The molecule has 0 saturated carbocycles. The lowest BCUT2D eigenvalue weighted by molar-refractivity contribution is 2.19. The first-order valence-corrected chi connectivity index (χ1v) is 1.82. The molecule has 0 spiro atoms. The average molecular weight is 46.5 g/mol. The summed E-state index contributed by atoms with van der Waals surface area (Å²) in [5.41, 5.74) is 0. The van der Waals surface area contributed by atoms with Gasteiger partial charge in [0.05, 0.1) is 0 Å². The summed E-state index contributed by atoms with van der Waals surface area (Å²) >= 11 is 0. The molecule has 4 heavy (non-hydrogen) atoms. The monoisotopic (exact) mass is 47.0 g/mol. The average Bonchev–Trinajstić information content (AvgIpc) is 1.36. The summed E-state index contributed by atoms with van der Waals surface area (Å²) in [4.78, 5) is 0. The minimum Gasteiger partial charge on any atom is -0.122 e. The predicted octanol–water partition coefficient (Wildman–Crippen LogP) is -0.682. The zero-order chi connectivity index (χ0) is 2.57. The van der Waals surface area contributed by atoms with Crippen LogP contribution in [0.1, 0.15) is 0 Å². The quantitative estimate of drug-likeness (QED) is 0.317. The van der Waals surface area contributed by atoms with E-state index in [2.05, 4.69) is 7.06 Å². The molecule has 0 amide bonds. The predicted molar refractivity (Wildman–Crippen MR) is 22.1 cm³/mol. The van der Waals surface area contributed by atoms with Crippen molar-refractivity contribution in [2.75, 3.05) is 0 Å². The second-order valence-corrected chi connectivity index (χ2v) is 1.76. The molecular weight excluding hydrogens is 44.4 g/mol. The Morgan fingerprint density at radius 3 is 1.75 bits per heavy atom. The molecule has 0 unspecified atom stereocenters. The highest BCUT2D eigenvalue weighted by Gasteiger charge is 2.57. The second-order valence-electron chi connectivity index (χ2n) is 1.76. The summed E-state index contributed by atoms with van der Waals surface area (Å²) in [6.07, 6.45) is 1.53. The Kier molecular flexibility index (Phi) is 0.0909. The van der Waals surface area contributed by atoms with Gasteiger partial charge in [0, 0.05) is 20.0 Å². The molecule has 1 radical (unpaired) electrons. The number of fused-ring (bicyclic) bond motifs is 1. The van der Waals surface area contributed by atoms with E-state index in [9.17, 15) is 0 Å². The van der Waals surface area contributed by atoms with Crippen molar-refractivity contribution < 1.29 is 0 Å². The summed E-state index contributed by atoms with van der Waals surface area (Å²) in [5, 5.41) is 0. The molecule has 2 aliphatic heterocycles. The molecule has 0 aromatic heterocycles. The van der Waals surface area contributed by atoms with Crippen molar-refractivity contribution in [2.45, 2.75) is 6.22 Å². The summed E-state index contributed by atoms with van der Waals surface area (Å²) in [7, 11) is 2.39. The fourth-order valence-electron chi connectivity index (χ4n) is 0.450. The SMILES string of the molecule is [B]1B2CB12. The fourth-order valence-corrected chi connectivity index (χ4v) is 0.450. The number of hydrogen-bond donors (Lipinski definition) is 0. The Morgan fingerprint density at radius 2 is 1.75 bits per heavy atom. The van der Waals surface area contributed by atoms with Crippen LogP contribution in [0.25, 0.3) is 0 Å². The Balaban J connectivity index is 2.48. The minimum atomic E-state index is 1.12. The normalized spacial score (nSPS) is 28.0. The van der Waals surface area contributed by atoms with Crippen molar-refractivity contribution in [3.63, 3.8) is 0 Å². The Bertz CT molecular complexity index is 39.2. The first-order chi connectivity index (χ1) is 1.97. The van der Waals surface area contributed by atoms with Crippen molar-refractivity contribution in [1.82, 2.24) is 0 Å². The van der Waals surface area contributed by atoms with Gasteiger partial charge in [-0.15, -0.1) is 6.22 Å². The summed E-state index contributed by atoms with van der Waals surface area (Å²) in [6, 6.07) is 0. The van der Waals surface area contributed by atoms with Gasteiger partial charge in [0.2, 0.25) is 0 Å². The largest absolute Gasteiger partial charge is 0.122 e. The van der Waals surface area contributed by atoms with Gasteiger partial charge >= 0.3 is 0 Å². The molecular formula is CH2B3. The van der Waals surface area contributed by atoms with Gasteiger partial charge in [-0.05, 0) is 0 Å². The third-order valence-electron chi connectivity index (χ3n) is 1.24. The van der Waals surface area contributed by atoms with Crippen LogP contribution in [-0.2, 0) is 0 Å². The van der Waals surface area contributed by atoms with Crippen molar-refractivity contribution in [3.05, 3.63) is 0 Å². The Hall–Kier alpha value is 0.195. The van der Waals surface area contributed by atoms with Crippen molar-refractivity contribution in [2.24, 2.45) is 0 Å². The standard InChI is InChI=1S/CH2B3/c1-3-2-4(1)3/h1H2. The van der Waals surface area contributed by atoms with Gasteiger partial charge in [0.25, 0.3) is 0 Å². The molecule has 3 heteroatoms. The fraction of sp³-hybridized carbons (Fsp3) is 1.00. The van der Waals surface area contributed by atoms with E-state index in [1.54, 1.807) is 0 Å². The van der Waals surface area contributed by atoms with Crippen LogP contribution in [0.3, 0.4) is 0 Å². The van der Waals surface area contributed by atoms with E-state index in [-0.39, 0.29) is 0 Å². The van der Waals surface area contributed by atoms with Crippen LogP contribution in [0.2, 0.25) is 6.22 Å². The molecule has 0 bridgehead atoms. The highest BCUT2D eigenvalue weighted by atomic mass is 13.7. The molecule has 2 rings (SSSR count). The molecule has 0 atom stereocenters. The van der Waals surface area contributed by atoms with E-state index in [4.69, 9.17) is 0 Å². The van der Waals surface area contributed by atoms with E-state index < -0.39 is 0 Å². The highest BCUT2D eigenvalue weighted by molar-refractivity contribution is 8.01. The molecule has 0 nitrogen and oxygen atoms in total. The van der Waals surface area contributed by atoms with E-state index in [1.165, 1.54) is 6.22 Å². The van der Waals surface area contributed by atoms with Gasteiger partial charge in [-0.1, -0.05) is 0 Å². The summed E-state index contributed by atoms with van der Waals surface area (Å²) < 4.78 is 0. The number of rotatable bonds is 0. The second kappa shape index (κ2) is 0.229. The van der Waals surface area contributed by atoms with Crippen LogP contribution in [0.4, 0.5) is 0 Å². The van der Waals surface area contributed by atoms with Gasteiger partial charge < -0.3 is 0 Å². The third kappa shape index (κ3) is 0.0467. The topological polar surface area (TPSA) is 0 Å². The molecule has 15 valence electrons. The maximum Gasteiger partial charge on any atom is 0.0443 e. The molecule has 2 saturated heterocycles. The molecule has 2 aliphatic rings. The lowest BCUT2D eigenvalue weighted by Crippen LogP contribution is -1.79. The summed E-state index contributed by atoms with van der Waals surface area (Å²) in [5.74, 6) is 0. The summed E-state index contributed by atoms with van der Waals surface area (Å²) in [6.45, 7) is 2.25. The first kappa shape index (κ1) is 1.59. The van der Waals surface area contributed by atoms with Crippen molar-refractivity contribution in [3.8, 4) is 0 Å². The van der Waals surface area contributed by atoms with Crippen LogP contribution in [0.15, 0.2) is 0 Å². The zero-order valence-electron chi connectivity index (χ0n) is 2.44. The molecule has 2 fully saturated rings. The molecule has 0 aromatic rings. The molecule has 0 N–H and O–H groups in total. The third-order valence-corrected chi connectivity index (χ3v) is 1.24. The van der Waals surface area contributed by atoms with Gasteiger partial charge in [0.1, 0.15) is 0 Å². The first-order valence-electron chi connectivity index (χ1n) is 1.82. The number of hydrogen-bond acceptors (Lipinski definition) is 0. The van der Waals surface area contributed by atoms with Gasteiger partial charge in [-0.3, -0.25) is 0 Å². The zero-order valence-corrected chi connectivity index (χ0v) is 2.44. The Morgan fingerprint density at radius 1 is 1.50 bits per heavy atom. The lowest BCUT2D eigenvalue weighted by Gasteiger charge is -1.58. The van der Waals surface area contributed by atoms with Gasteiger partial charge in [-0.25, -0.2) is 0 Å². The van der Waals surface area contributed by atoms with Gasteiger partial charge in [-0.2, -0.15) is 0 Å². The van der Waals surface area contributed by atoms with Crippen LogP contribution in [0, 0.1) is 0 Å². The van der Waals surface area contributed by atoms with Crippen LogP contribution >= 0.6 is 0 Å². The van der Waals surface area contributed by atoms with Crippen molar-refractivity contribution >= 4 is 20.0 Å². The van der Waals surface area contributed by atoms with Crippen LogP contribution in [0.5, 0.6) is 0 Å².